The minimum absolute atomic E-state index is 0.105. The Hall–Kier alpha value is -2.03. The van der Waals surface area contributed by atoms with Crippen molar-refractivity contribution in [2.75, 3.05) is 14.1 Å². The highest BCUT2D eigenvalue weighted by atomic mass is 35.5. The summed E-state index contributed by atoms with van der Waals surface area (Å²) in [5.41, 5.74) is 0.714. The zero-order valence-electron chi connectivity index (χ0n) is 15.5. The molecule has 2 heterocycles. The number of nitrogens with one attached hydrogen (secondary N) is 1. The topological polar surface area (TPSA) is 88.5 Å². The van der Waals surface area contributed by atoms with Crippen LogP contribution in [0.5, 0.6) is 0 Å². The summed E-state index contributed by atoms with van der Waals surface area (Å²) in [5.74, 6) is 0.257. The lowest BCUT2D eigenvalue weighted by molar-refractivity contribution is -0.137. The average Bonchev–Trinajstić information content (AvgIpc) is 2.95. The second kappa shape index (κ2) is 7.09. The van der Waals surface area contributed by atoms with Gasteiger partial charge in [-0.05, 0) is 30.5 Å². The number of amides is 3. The van der Waals surface area contributed by atoms with E-state index in [2.05, 4.69) is 10.3 Å². The number of likely N-dealkylation sites (N-methyl/N-ethyl adjacent to an activating group) is 2. The molecule has 0 aromatic heterocycles. The van der Waals surface area contributed by atoms with Crippen molar-refractivity contribution in [2.45, 2.75) is 43.7 Å². The van der Waals surface area contributed by atoms with Crippen LogP contribution in [0.2, 0.25) is 10.0 Å². The van der Waals surface area contributed by atoms with Crippen molar-refractivity contribution in [3.63, 3.8) is 0 Å². The molecule has 0 bridgehead atoms. The number of urea groups is 1. The van der Waals surface area contributed by atoms with Gasteiger partial charge in [0, 0.05) is 20.1 Å². The van der Waals surface area contributed by atoms with Crippen LogP contribution in [-0.4, -0.2) is 76.2 Å². The van der Waals surface area contributed by atoms with E-state index in [9.17, 15) is 14.7 Å². The first kappa shape index (κ1) is 19.3. The van der Waals surface area contributed by atoms with Crippen molar-refractivity contribution >= 4 is 41.1 Å². The molecule has 1 aromatic carbocycles. The molecular weight excluding hydrogens is 405 g/mol. The van der Waals surface area contributed by atoms with E-state index >= 15 is 0 Å². The summed E-state index contributed by atoms with van der Waals surface area (Å²) >= 11 is 12.0. The van der Waals surface area contributed by atoms with Gasteiger partial charge < -0.3 is 20.2 Å². The van der Waals surface area contributed by atoms with Crippen LogP contribution in [0.15, 0.2) is 23.2 Å². The molecule has 2 fully saturated rings. The molecule has 1 aliphatic carbocycles. The number of benzene rings is 1. The number of aliphatic imine (C=N–C) groups is 1. The van der Waals surface area contributed by atoms with Crippen LogP contribution in [0, 0.1) is 0 Å². The molecule has 0 radical (unpaired) electrons. The fourth-order valence-electron chi connectivity index (χ4n) is 3.76. The van der Waals surface area contributed by atoms with Gasteiger partial charge in [-0.3, -0.25) is 9.69 Å². The number of rotatable bonds is 3. The van der Waals surface area contributed by atoms with Gasteiger partial charge in [-0.15, -0.1) is 0 Å². The van der Waals surface area contributed by atoms with Crippen LogP contribution in [0.4, 0.5) is 4.79 Å². The Labute approximate surface area is 172 Å². The Morgan fingerprint density at radius 2 is 1.89 bits per heavy atom. The Balaban J connectivity index is 1.53. The lowest BCUT2D eigenvalue weighted by Gasteiger charge is -2.40. The molecule has 1 aromatic rings. The predicted octanol–water partition coefficient (Wildman–Crippen LogP) is 1.50. The smallest absolute Gasteiger partial charge is 0.328 e. The fourth-order valence-corrected chi connectivity index (χ4v) is 4.08. The normalized spacial score (nSPS) is 29.6. The lowest BCUT2D eigenvalue weighted by atomic mass is 9.90. The van der Waals surface area contributed by atoms with Crippen molar-refractivity contribution in [2.24, 2.45) is 4.99 Å². The number of hydrogen-bond donors (Lipinski definition) is 2. The molecule has 1 saturated carbocycles. The van der Waals surface area contributed by atoms with Gasteiger partial charge in [-0.25, -0.2) is 9.79 Å². The van der Waals surface area contributed by atoms with Crippen molar-refractivity contribution in [1.29, 1.82) is 0 Å². The monoisotopic (exact) mass is 425 g/mol. The maximum Gasteiger partial charge on any atom is 0.328 e. The van der Waals surface area contributed by atoms with Crippen LogP contribution in [0.25, 0.3) is 0 Å². The molecule has 4 rings (SSSR count). The standard InChI is InChI=1S/C18H21Cl2N5O3/c1-23-14-15(22-17(23)21-10-6-11(26)7-10)24(2)18(28)25(16(14)27)8-9-3-4-12(19)13(20)5-9/h3-5,10-11,14-15,26H,6-8H2,1-2H3,(H,21,22)/t10-,11+,14?,15?. The predicted molar refractivity (Wildman–Crippen MR) is 105 cm³/mol. The molecule has 2 unspecified atom stereocenters. The molecule has 1 saturated heterocycles. The maximum atomic E-state index is 13.1. The first-order valence-electron chi connectivity index (χ1n) is 9.03. The van der Waals surface area contributed by atoms with E-state index in [0.717, 1.165) is 0 Å². The summed E-state index contributed by atoms with van der Waals surface area (Å²) in [6.45, 7) is 0.105. The molecule has 2 atom stereocenters. The molecule has 2 N–H and O–H groups in total. The van der Waals surface area contributed by atoms with Crippen molar-refractivity contribution in [1.82, 2.24) is 20.0 Å². The number of guanidine groups is 1. The Bertz CT molecular complexity index is 858. The van der Waals surface area contributed by atoms with Gasteiger partial charge in [0.15, 0.2) is 18.2 Å². The summed E-state index contributed by atoms with van der Waals surface area (Å²) in [6, 6.07) is 4.16. The van der Waals surface area contributed by atoms with E-state index in [4.69, 9.17) is 23.2 Å². The molecule has 3 aliphatic rings. The molecule has 28 heavy (non-hydrogen) atoms. The van der Waals surface area contributed by atoms with Gasteiger partial charge in [-0.1, -0.05) is 29.3 Å². The number of aliphatic hydroxyl groups is 1. The molecule has 8 nitrogen and oxygen atoms in total. The second-order valence-electron chi connectivity index (χ2n) is 7.45. The van der Waals surface area contributed by atoms with E-state index in [0.29, 0.717) is 34.4 Å². The summed E-state index contributed by atoms with van der Waals surface area (Å²) in [5, 5.41) is 13.5. The number of carbonyl (C=O) groups excluding carboxylic acids is 2. The Kier molecular flexibility index (Phi) is 4.89. The van der Waals surface area contributed by atoms with Gasteiger partial charge >= 0.3 is 6.03 Å². The summed E-state index contributed by atoms with van der Waals surface area (Å²) in [4.78, 5) is 35.0. The number of fused-ring (bicyclic) bond motifs is 1. The van der Waals surface area contributed by atoms with Crippen molar-refractivity contribution in [3.8, 4) is 0 Å². The highest BCUT2D eigenvalue weighted by Crippen LogP contribution is 2.30. The van der Waals surface area contributed by atoms with E-state index in [1.54, 1.807) is 37.2 Å². The molecule has 0 spiro atoms. The van der Waals surface area contributed by atoms with Crippen LogP contribution >= 0.6 is 23.2 Å². The van der Waals surface area contributed by atoms with Gasteiger partial charge in [0.1, 0.15) is 0 Å². The minimum Gasteiger partial charge on any atom is -0.393 e. The molecular formula is C18H21Cl2N5O3. The zero-order chi connectivity index (χ0) is 20.2. The quantitative estimate of drug-likeness (QED) is 0.765. The molecule has 150 valence electrons. The van der Waals surface area contributed by atoms with E-state index < -0.39 is 18.2 Å². The van der Waals surface area contributed by atoms with Gasteiger partial charge in [0.2, 0.25) is 0 Å². The van der Waals surface area contributed by atoms with Gasteiger partial charge in [0.25, 0.3) is 5.91 Å². The molecule has 3 amide bonds. The minimum atomic E-state index is -0.599. The van der Waals surface area contributed by atoms with Crippen LogP contribution < -0.4 is 5.32 Å². The molecule has 10 heteroatoms. The summed E-state index contributed by atoms with van der Waals surface area (Å²) in [6.07, 6.45) is 0.421. The van der Waals surface area contributed by atoms with Crippen LogP contribution in [0.3, 0.4) is 0 Å². The summed E-state index contributed by atoms with van der Waals surface area (Å²) < 4.78 is 0. The number of aliphatic hydroxyl groups excluding tert-OH is 1. The van der Waals surface area contributed by atoms with Crippen LogP contribution in [0.1, 0.15) is 18.4 Å². The maximum absolute atomic E-state index is 13.1. The average molecular weight is 426 g/mol. The molecule has 2 aliphatic heterocycles. The van der Waals surface area contributed by atoms with E-state index in [-0.39, 0.29) is 24.6 Å². The third kappa shape index (κ3) is 3.19. The number of hydrogen-bond acceptors (Lipinski definition) is 6. The number of carbonyl (C=O) groups is 2. The Morgan fingerprint density at radius 1 is 1.18 bits per heavy atom. The Morgan fingerprint density at radius 3 is 2.54 bits per heavy atom. The highest BCUT2D eigenvalue weighted by molar-refractivity contribution is 6.42. The van der Waals surface area contributed by atoms with E-state index in [1.165, 1.54) is 9.80 Å². The number of imide groups is 1. The first-order valence-corrected chi connectivity index (χ1v) is 9.79. The van der Waals surface area contributed by atoms with Gasteiger partial charge in [0.05, 0.1) is 22.7 Å². The third-order valence-corrected chi connectivity index (χ3v) is 6.25. The fraction of sp³-hybridized carbons (Fsp3) is 0.500. The second-order valence-corrected chi connectivity index (χ2v) is 8.27. The first-order chi connectivity index (χ1) is 13.3. The number of nitrogens with zero attached hydrogens (tertiary/aromatic N) is 4. The SMILES string of the molecule is CN1C(=O)N(Cc2ccc(Cl)c(Cl)c2)C(=O)C2C1N=C(N[C@H]1C[C@@H](O)C1)N2C. The van der Waals surface area contributed by atoms with Crippen LogP contribution in [-0.2, 0) is 11.3 Å². The largest absolute Gasteiger partial charge is 0.393 e. The van der Waals surface area contributed by atoms with Crippen molar-refractivity contribution in [3.05, 3.63) is 33.8 Å². The van der Waals surface area contributed by atoms with Gasteiger partial charge in [-0.2, -0.15) is 0 Å². The zero-order valence-corrected chi connectivity index (χ0v) is 17.0. The lowest BCUT2D eigenvalue weighted by Crippen LogP contribution is -2.64. The third-order valence-electron chi connectivity index (χ3n) is 5.51. The number of halogens is 2. The summed E-state index contributed by atoms with van der Waals surface area (Å²) in [7, 11) is 3.42. The van der Waals surface area contributed by atoms with E-state index in [1.807, 2.05) is 0 Å². The highest BCUT2D eigenvalue weighted by Gasteiger charge is 2.51. The van der Waals surface area contributed by atoms with Crippen molar-refractivity contribution < 1.29 is 14.7 Å².